The zero-order chi connectivity index (χ0) is 13.5. The van der Waals surface area contributed by atoms with Crippen molar-refractivity contribution in [1.82, 2.24) is 5.32 Å². The molecule has 108 valence electrons. The summed E-state index contributed by atoms with van der Waals surface area (Å²) in [5, 5.41) is 6.16. The zero-order valence-electron chi connectivity index (χ0n) is 12.5. The van der Waals surface area contributed by atoms with Gasteiger partial charge in [0.25, 0.3) is 0 Å². The van der Waals surface area contributed by atoms with Crippen LogP contribution in [0, 0.1) is 5.92 Å². The highest BCUT2D eigenvalue weighted by Crippen LogP contribution is 2.29. The largest absolute Gasteiger partial charge is 0.306 e. The van der Waals surface area contributed by atoms with E-state index in [4.69, 9.17) is 0 Å². The van der Waals surface area contributed by atoms with Crippen molar-refractivity contribution in [3.63, 3.8) is 0 Å². The standard InChI is InChI=1S/C17H29NS/c1-3-7-16(17-10-6-13-19-17)18-15-9-5-8-14(4-2)11-12-15/h6,10,13-16,18H,3-5,7-9,11-12H2,1-2H3. The van der Waals surface area contributed by atoms with Crippen LogP contribution in [0.15, 0.2) is 17.5 Å². The molecule has 19 heavy (non-hydrogen) atoms. The maximum atomic E-state index is 3.95. The van der Waals surface area contributed by atoms with Crippen LogP contribution < -0.4 is 5.32 Å². The molecule has 1 aliphatic carbocycles. The van der Waals surface area contributed by atoms with Gasteiger partial charge in [-0.25, -0.2) is 0 Å². The van der Waals surface area contributed by atoms with Crippen molar-refractivity contribution in [1.29, 1.82) is 0 Å². The fraction of sp³-hybridized carbons (Fsp3) is 0.765. The van der Waals surface area contributed by atoms with Gasteiger partial charge in [0, 0.05) is 17.0 Å². The van der Waals surface area contributed by atoms with E-state index >= 15 is 0 Å². The Balaban J connectivity index is 1.90. The van der Waals surface area contributed by atoms with Crippen LogP contribution in [0.5, 0.6) is 0 Å². The average molecular weight is 279 g/mol. The molecular weight excluding hydrogens is 250 g/mol. The Labute approximate surface area is 122 Å². The second-order valence-electron chi connectivity index (χ2n) is 6.00. The van der Waals surface area contributed by atoms with Crippen molar-refractivity contribution in [3.8, 4) is 0 Å². The molecule has 1 heterocycles. The first-order valence-electron chi connectivity index (χ1n) is 8.12. The molecule has 3 atom stereocenters. The third-order valence-electron chi connectivity index (χ3n) is 4.57. The maximum absolute atomic E-state index is 3.95. The fourth-order valence-corrected chi connectivity index (χ4v) is 4.15. The first kappa shape index (κ1) is 15.1. The molecule has 0 spiro atoms. The third kappa shape index (κ3) is 4.61. The van der Waals surface area contributed by atoms with Gasteiger partial charge in [-0.05, 0) is 43.0 Å². The van der Waals surface area contributed by atoms with Gasteiger partial charge in [-0.1, -0.05) is 45.6 Å². The van der Waals surface area contributed by atoms with E-state index in [0.717, 1.165) is 12.0 Å². The van der Waals surface area contributed by atoms with Crippen molar-refractivity contribution >= 4 is 11.3 Å². The molecule has 2 rings (SSSR count). The Hall–Kier alpha value is -0.340. The number of rotatable bonds is 6. The molecule has 3 unspecified atom stereocenters. The fourth-order valence-electron chi connectivity index (χ4n) is 3.32. The Kier molecular flexibility index (Phi) is 6.39. The van der Waals surface area contributed by atoms with Crippen LogP contribution in [-0.2, 0) is 0 Å². The molecule has 1 nitrogen and oxygen atoms in total. The molecule has 1 aromatic rings. The molecule has 2 heteroatoms. The topological polar surface area (TPSA) is 12.0 Å². The van der Waals surface area contributed by atoms with Gasteiger partial charge >= 0.3 is 0 Å². The van der Waals surface area contributed by atoms with Crippen molar-refractivity contribution in [3.05, 3.63) is 22.4 Å². The molecular formula is C17H29NS. The molecule has 0 aliphatic heterocycles. The molecule has 0 saturated heterocycles. The first-order chi connectivity index (χ1) is 9.33. The maximum Gasteiger partial charge on any atom is 0.0416 e. The van der Waals surface area contributed by atoms with Crippen molar-refractivity contribution < 1.29 is 0 Å². The van der Waals surface area contributed by atoms with Crippen LogP contribution in [0.3, 0.4) is 0 Å². The average Bonchev–Trinajstić information content (AvgIpc) is 2.86. The summed E-state index contributed by atoms with van der Waals surface area (Å²) < 4.78 is 0. The Bertz CT molecular complexity index is 333. The summed E-state index contributed by atoms with van der Waals surface area (Å²) in [5.74, 6) is 0.984. The van der Waals surface area contributed by atoms with Crippen LogP contribution in [0.1, 0.15) is 76.1 Å². The summed E-state index contributed by atoms with van der Waals surface area (Å²) in [5.41, 5.74) is 0. The molecule has 1 fully saturated rings. The van der Waals surface area contributed by atoms with Crippen molar-refractivity contribution in [2.45, 2.75) is 77.3 Å². The summed E-state index contributed by atoms with van der Waals surface area (Å²) >= 11 is 1.91. The number of hydrogen-bond donors (Lipinski definition) is 1. The Morgan fingerprint density at radius 2 is 2.16 bits per heavy atom. The second kappa shape index (κ2) is 8.06. The van der Waals surface area contributed by atoms with Crippen LogP contribution >= 0.6 is 11.3 Å². The number of nitrogens with one attached hydrogen (secondary N) is 1. The third-order valence-corrected chi connectivity index (χ3v) is 5.55. The lowest BCUT2D eigenvalue weighted by Crippen LogP contribution is -2.32. The zero-order valence-corrected chi connectivity index (χ0v) is 13.3. The minimum absolute atomic E-state index is 0.591. The van der Waals surface area contributed by atoms with Crippen LogP contribution in [-0.4, -0.2) is 6.04 Å². The predicted molar refractivity (Wildman–Crippen MR) is 85.8 cm³/mol. The van der Waals surface area contributed by atoms with Gasteiger partial charge in [-0.2, -0.15) is 0 Å². The molecule has 0 aromatic carbocycles. The quantitative estimate of drug-likeness (QED) is 0.674. The number of thiophene rings is 1. The van der Waals surface area contributed by atoms with E-state index in [1.807, 2.05) is 11.3 Å². The lowest BCUT2D eigenvalue weighted by molar-refractivity contribution is 0.377. The van der Waals surface area contributed by atoms with Crippen LogP contribution in [0.25, 0.3) is 0 Å². The summed E-state index contributed by atoms with van der Waals surface area (Å²) in [6, 6.07) is 5.82. The van der Waals surface area contributed by atoms with E-state index < -0.39 is 0 Å². The lowest BCUT2D eigenvalue weighted by Gasteiger charge is -2.24. The first-order valence-corrected chi connectivity index (χ1v) is 9.00. The molecule has 1 N–H and O–H groups in total. The van der Waals surface area contributed by atoms with E-state index in [2.05, 4.69) is 36.7 Å². The van der Waals surface area contributed by atoms with E-state index in [-0.39, 0.29) is 0 Å². The highest BCUT2D eigenvalue weighted by Gasteiger charge is 2.21. The van der Waals surface area contributed by atoms with Gasteiger partial charge in [0.1, 0.15) is 0 Å². The van der Waals surface area contributed by atoms with Crippen LogP contribution in [0.4, 0.5) is 0 Å². The molecule has 0 radical (unpaired) electrons. The summed E-state index contributed by atoms with van der Waals surface area (Å²) in [6.45, 7) is 4.65. The van der Waals surface area contributed by atoms with Gasteiger partial charge < -0.3 is 5.32 Å². The summed E-state index contributed by atoms with van der Waals surface area (Å²) in [7, 11) is 0. The van der Waals surface area contributed by atoms with E-state index in [0.29, 0.717) is 6.04 Å². The Morgan fingerprint density at radius 1 is 1.26 bits per heavy atom. The van der Waals surface area contributed by atoms with E-state index in [1.165, 1.54) is 56.2 Å². The highest BCUT2D eigenvalue weighted by molar-refractivity contribution is 7.10. The molecule has 1 saturated carbocycles. The normalized spacial score (nSPS) is 26.0. The predicted octanol–water partition coefficient (Wildman–Crippen LogP) is 5.54. The molecule has 0 bridgehead atoms. The SMILES string of the molecule is CCCC(NC1CCCC(CC)CC1)c1cccs1. The van der Waals surface area contributed by atoms with Gasteiger partial charge in [0.05, 0.1) is 0 Å². The van der Waals surface area contributed by atoms with Crippen molar-refractivity contribution in [2.24, 2.45) is 5.92 Å². The minimum Gasteiger partial charge on any atom is -0.306 e. The smallest absolute Gasteiger partial charge is 0.0416 e. The lowest BCUT2D eigenvalue weighted by atomic mass is 9.97. The molecule has 1 aliphatic rings. The van der Waals surface area contributed by atoms with Gasteiger partial charge in [-0.15, -0.1) is 11.3 Å². The van der Waals surface area contributed by atoms with E-state index in [9.17, 15) is 0 Å². The minimum atomic E-state index is 0.591. The molecule has 0 amide bonds. The Morgan fingerprint density at radius 3 is 2.84 bits per heavy atom. The van der Waals surface area contributed by atoms with Crippen LogP contribution in [0.2, 0.25) is 0 Å². The van der Waals surface area contributed by atoms with Gasteiger partial charge in [0.2, 0.25) is 0 Å². The molecule has 1 aromatic heterocycles. The van der Waals surface area contributed by atoms with Gasteiger partial charge in [0.15, 0.2) is 0 Å². The summed E-state index contributed by atoms with van der Waals surface area (Å²) in [4.78, 5) is 1.53. The monoisotopic (exact) mass is 279 g/mol. The highest BCUT2D eigenvalue weighted by atomic mass is 32.1. The van der Waals surface area contributed by atoms with Gasteiger partial charge in [-0.3, -0.25) is 0 Å². The number of hydrogen-bond acceptors (Lipinski definition) is 2. The second-order valence-corrected chi connectivity index (χ2v) is 6.98. The van der Waals surface area contributed by atoms with Crippen molar-refractivity contribution in [2.75, 3.05) is 0 Å². The van der Waals surface area contributed by atoms with E-state index in [1.54, 1.807) is 0 Å². The summed E-state index contributed by atoms with van der Waals surface area (Å²) in [6.07, 6.45) is 11.0.